The highest BCUT2D eigenvalue weighted by atomic mass is 28.4. The van der Waals surface area contributed by atoms with Gasteiger partial charge in [-0.2, -0.15) is 0 Å². The first kappa shape index (κ1) is 16.1. The lowest BCUT2D eigenvalue weighted by Gasteiger charge is -2.42. The summed E-state index contributed by atoms with van der Waals surface area (Å²) in [6.45, 7) is 11.3. The van der Waals surface area contributed by atoms with E-state index in [-0.39, 0.29) is 5.04 Å². The maximum atomic E-state index is 5.89. The van der Waals surface area contributed by atoms with Gasteiger partial charge in [-0.05, 0) is 18.4 Å². The summed E-state index contributed by atoms with van der Waals surface area (Å²) >= 11 is 0. The molecule has 16 heavy (non-hydrogen) atoms. The third-order valence-corrected chi connectivity index (χ3v) is 9.14. The van der Waals surface area contributed by atoms with Crippen molar-refractivity contribution in [2.24, 2.45) is 5.92 Å². The van der Waals surface area contributed by atoms with Crippen LogP contribution in [0.3, 0.4) is 0 Å². The molecule has 0 aliphatic heterocycles. The average molecular weight is 246 g/mol. The molecule has 0 heterocycles. The Bertz CT molecular complexity index is 184. The van der Waals surface area contributed by atoms with E-state index in [0.29, 0.717) is 0 Å². The smallest absolute Gasteiger partial charge is 0.343 e. The van der Waals surface area contributed by atoms with Crippen LogP contribution in [-0.2, 0) is 8.85 Å². The van der Waals surface area contributed by atoms with Gasteiger partial charge in [0.1, 0.15) is 0 Å². The zero-order chi connectivity index (χ0) is 12.8. The van der Waals surface area contributed by atoms with Gasteiger partial charge in [-0.3, -0.25) is 0 Å². The number of hydrogen-bond acceptors (Lipinski definition) is 2. The predicted octanol–water partition coefficient (Wildman–Crippen LogP) is 4.35. The van der Waals surface area contributed by atoms with Crippen molar-refractivity contribution < 1.29 is 8.85 Å². The minimum absolute atomic E-state index is 0.180. The fourth-order valence-corrected chi connectivity index (χ4v) is 6.34. The molecule has 0 bridgehead atoms. The van der Waals surface area contributed by atoms with Crippen molar-refractivity contribution in [3.05, 3.63) is 0 Å². The third kappa shape index (κ3) is 3.31. The van der Waals surface area contributed by atoms with E-state index in [9.17, 15) is 0 Å². The molecule has 0 atom stereocenters. The second-order valence-electron chi connectivity index (χ2n) is 5.29. The van der Waals surface area contributed by atoms with Crippen LogP contribution < -0.4 is 0 Å². The van der Waals surface area contributed by atoms with Crippen LogP contribution in [0.25, 0.3) is 0 Å². The summed E-state index contributed by atoms with van der Waals surface area (Å²) in [5.74, 6) is 0.734. The normalized spacial score (nSPS) is 13.5. The first-order valence-corrected chi connectivity index (χ1v) is 8.55. The first-order valence-electron chi connectivity index (χ1n) is 6.53. The van der Waals surface area contributed by atoms with E-state index in [1.165, 1.54) is 12.8 Å². The van der Waals surface area contributed by atoms with Crippen LogP contribution in [0.2, 0.25) is 11.1 Å². The fourth-order valence-electron chi connectivity index (χ4n) is 2.31. The lowest BCUT2D eigenvalue weighted by Crippen LogP contribution is -2.51. The van der Waals surface area contributed by atoms with Crippen LogP contribution >= 0.6 is 0 Å². The Balaban J connectivity index is 4.94. The highest BCUT2D eigenvalue weighted by Gasteiger charge is 2.50. The van der Waals surface area contributed by atoms with Crippen LogP contribution in [-0.4, -0.2) is 22.8 Å². The SMILES string of the molecule is CCC(CC)C[Si](OC)(OC)C(C)(C)CC. The molecular formula is C13H30O2Si. The minimum atomic E-state index is -2.08. The highest BCUT2D eigenvalue weighted by Crippen LogP contribution is 2.45. The third-order valence-electron chi connectivity index (χ3n) is 4.29. The van der Waals surface area contributed by atoms with Crippen molar-refractivity contribution in [1.29, 1.82) is 0 Å². The summed E-state index contributed by atoms with van der Waals surface area (Å²) in [4.78, 5) is 0. The second kappa shape index (κ2) is 6.77. The Morgan fingerprint density at radius 1 is 1.00 bits per heavy atom. The maximum absolute atomic E-state index is 5.89. The molecule has 0 saturated heterocycles. The molecule has 0 N–H and O–H groups in total. The van der Waals surface area contributed by atoms with Gasteiger partial charge in [-0.15, -0.1) is 0 Å². The summed E-state index contributed by atoms with van der Waals surface area (Å²) in [5, 5.41) is 0.180. The van der Waals surface area contributed by atoms with E-state index >= 15 is 0 Å². The molecule has 0 aliphatic carbocycles. The van der Waals surface area contributed by atoms with E-state index in [1.54, 1.807) is 0 Å². The molecule has 0 amide bonds. The zero-order valence-electron chi connectivity index (χ0n) is 12.2. The average Bonchev–Trinajstić information content (AvgIpc) is 2.31. The van der Waals surface area contributed by atoms with Gasteiger partial charge in [0.15, 0.2) is 0 Å². The van der Waals surface area contributed by atoms with Crippen LogP contribution in [0.4, 0.5) is 0 Å². The first-order chi connectivity index (χ1) is 7.42. The maximum Gasteiger partial charge on any atom is 0.343 e. The molecule has 98 valence electrons. The van der Waals surface area contributed by atoms with Gasteiger partial charge in [0.05, 0.1) is 0 Å². The minimum Gasteiger partial charge on any atom is -0.397 e. The van der Waals surface area contributed by atoms with Crippen molar-refractivity contribution >= 4 is 8.56 Å². The topological polar surface area (TPSA) is 18.5 Å². The Labute approximate surface area is 103 Å². The predicted molar refractivity (Wildman–Crippen MR) is 73.0 cm³/mol. The van der Waals surface area contributed by atoms with Gasteiger partial charge in [0, 0.05) is 19.3 Å². The molecule has 0 rings (SSSR count). The van der Waals surface area contributed by atoms with Crippen LogP contribution in [0.5, 0.6) is 0 Å². The molecule has 0 aromatic rings. The van der Waals surface area contributed by atoms with Crippen molar-refractivity contribution in [2.45, 2.75) is 65.0 Å². The van der Waals surface area contributed by atoms with Gasteiger partial charge in [0.2, 0.25) is 0 Å². The molecule has 0 aliphatic rings. The molecule has 2 nitrogen and oxygen atoms in total. The highest BCUT2D eigenvalue weighted by molar-refractivity contribution is 6.70. The van der Waals surface area contributed by atoms with Gasteiger partial charge < -0.3 is 8.85 Å². The van der Waals surface area contributed by atoms with Crippen molar-refractivity contribution in [3.8, 4) is 0 Å². The van der Waals surface area contributed by atoms with Crippen molar-refractivity contribution in [3.63, 3.8) is 0 Å². The number of rotatable bonds is 8. The van der Waals surface area contributed by atoms with Gasteiger partial charge in [-0.1, -0.05) is 47.5 Å². The van der Waals surface area contributed by atoms with Crippen molar-refractivity contribution in [2.75, 3.05) is 14.2 Å². The number of hydrogen-bond donors (Lipinski definition) is 0. The second-order valence-corrected chi connectivity index (χ2v) is 9.37. The Hall–Kier alpha value is 0.137. The van der Waals surface area contributed by atoms with Gasteiger partial charge in [-0.25, -0.2) is 0 Å². The van der Waals surface area contributed by atoms with Crippen LogP contribution in [0, 0.1) is 5.92 Å². The van der Waals surface area contributed by atoms with Crippen molar-refractivity contribution in [1.82, 2.24) is 0 Å². The van der Waals surface area contributed by atoms with E-state index in [1.807, 2.05) is 14.2 Å². The van der Waals surface area contributed by atoms with Crippen LogP contribution in [0.1, 0.15) is 53.9 Å². The lowest BCUT2D eigenvalue weighted by molar-refractivity contribution is 0.199. The molecule has 0 spiro atoms. The van der Waals surface area contributed by atoms with Gasteiger partial charge >= 0.3 is 8.56 Å². The molecule has 0 aromatic carbocycles. The summed E-state index contributed by atoms with van der Waals surface area (Å²) in [6, 6.07) is 1.12. The monoisotopic (exact) mass is 246 g/mol. The Morgan fingerprint density at radius 3 is 1.69 bits per heavy atom. The molecule has 0 radical (unpaired) electrons. The largest absolute Gasteiger partial charge is 0.397 e. The van der Waals surface area contributed by atoms with E-state index in [4.69, 9.17) is 8.85 Å². The molecule has 0 unspecified atom stereocenters. The Morgan fingerprint density at radius 2 is 1.44 bits per heavy atom. The van der Waals surface area contributed by atoms with E-state index in [2.05, 4.69) is 34.6 Å². The van der Waals surface area contributed by atoms with E-state index < -0.39 is 8.56 Å². The zero-order valence-corrected chi connectivity index (χ0v) is 13.2. The summed E-state index contributed by atoms with van der Waals surface area (Å²) in [6.07, 6.45) is 3.55. The molecule has 0 fully saturated rings. The molecular weight excluding hydrogens is 216 g/mol. The van der Waals surface area contributed by atoms with Crippen LogP contribution in [0.15, 0.2) is 0 Å². The molecule has 0 saturated carbocycles. The summed E-state index contributed by atoms with van der Waals surface area (Å²) in [5.41, 5.74) is 0. The van der Waals surface area contributed by atoms with Gasteiger partial charge in [0.25, 0.3) is 0 Å². The van der Waals surface area contributed by atoms with E-state index in [0.717, 1.165) is 18.4 Å². The lowest BCUT2D eigenvalue weighted by atomic mass is 10.1. The molecule has 0 aromatic heterocycles. The quantitative estimate of drug-likeness (QED) is 0.593. The fraction of sp³-hybridized carbons (Fsp3) is 1.00. The Kier molecular flexibility index (Phi) is 6.83. The molecule has 3 heteroatoms. The standard InChI is InChI=1S/C13H30O2Si/c1-8-12(9-2)11-16(14-6,15-7)13(4,5)10-3/h12H,8-11H2,1-7H3. The summed E-state index contributed by atoms with van der Waals surface area (Å²) in [7, 11) is 1.58. The summed E-state index contributed by atoms with van der Waals surface area (Å²) < 4.78 is 11.8.